The lowest BCUT2D eigenvalue weighted by Gasteiger charge is -2.16. The van der Waals surface area contributed by atoms with Crippen molar-refractivity contribution in [3.05, 3.63) is 17.3 Å². The molecule has 4 nitrogen and oxygen atoms in total. The van der Waals surface area contributed by atoms with Crippen LogP contribution in [-0.4, -0.2) is 22.2 Å². The highest BCUT2D eigenvalue weighted by molar-refractivity contribution is 5.05. The van der Waals surface area contributed by atoms with Gasteiger partial charge >= 0.3 is 0 Å². The molecule has 14 heavy (non-hydrogen) atoms. The van der Waals surface area contributed by atoms with E-state index in [0.29, 0.717) is 19.0 Å². The molecule has 0 amide bonds. The smallest absolute Gasteiger partial charge is 0.208 e. The van der Waals surface area contributed by atoms with Crippen LogP contribution < -0.4 is 5.32 Å². The average Bonchev–Trinajstić information content (AvgIpc) is 2.28. The average molecular weight is 198 g/mol. The molecule has 0 spiro atoms. The molecule has 4 heteroatoms. The summed E-state index contributed by atoms with van der Waals surface area (Å²) in [7, 11) is 0. The van der Waals surface area contributed by atoms with Crippen molar-refractivity contribution in [1.82, 2.24) is 10.3 Å². The number of aryl methyl sites for hydroxylation is 2. The molecule has 2 N–H and O–H groups in total. The molecule has 0 bridgehead atoms. The Hall–Kier alpha value is -0.870. The molecule has 0 aliphatic heterocycles. The van der Waals surface area contributed by atoms with E-state index in [0.717, 1.165) is 11.5 Å². The first-order chi connectivity index (χ1) is 6.38. The van der Waals surface area contributed by atoms with Gasteiger partial charge in [-0.15, -0.1) is 0 Å². The summed E-state index contributed by atoms with van der Waals surface area (Å²) in [6.45, 7) is 8.39. The van der Waals surface area contributed by atoms with Crippen LogP contribution in [0.1, 0.15) is 31.2 Å². The highest BCUT2D eigenvalue weighted by atomic mass is 16.4. The fraction of sp³-hybridized carbons (Fsp3) is 0.700. The monoisotopic (exact) mass is 198 g/mol. The summed E-state index contributed by atoms with van der Waals surface area (Å²) in [5.74, 6) is 1.52. The van der Waals surface area contributed by atoms with Gasteiger partial charge < -0.3 is 14.8 Å². The molecule has 0 saturated carbocycles. The minimum absolute atomic E-state index is 0.521. The summed E-state index contributed by atoms with van der Waals surface area (Å²) in [6, 6.07) is 0. The van der Waals surface area contributed by atoms with Gasteiger partial charge in [-0.2, -0.15) is 0 Å². The lowest BCUT2D eigenvalue weighted by molar-refractivity contribution is 0.0788. The highest BCUT2D eigenvalue weighted by Gasteiger charge is 2.12. The fourth-order valence-corrected chi connectivity index (χ4v) is 1.09. The minimum atomic E-state index is -0.698. The van der Waals surface area contributed by atoms with Gasteiger partial charge in [-0.05, 0) is 27.7 Å². The molecule has 0 unspecified atom stereocenters. The van der Waals surface area contributed by atoms with Gasteiger partial charge in [0.1, 0.15) is 5.76 Å². The van der Waals surface area contributed by atoms with Crippen molar-refractivity contribution >= 4 is 0 Å². The number of aromatic nitrogens is 1. The quantitative estimate of drug-likeness (QED) is 0.762. The first kappa shape index (κ1) is 11.2. The Kier molecular flexibility index (Phi) is 3.29. The van der Waals surface area contributed by atoms with Crippen LogP contribution in [0, 0.1) is 13.8 Å². The molecule has 1 aromatic heterocycles. The van der Waals surface area contributed by atoms with E-state index in [2.05, 4.69) is 10.3 Å². The van der Waals surface area contributed by atoms with E-state index >= 15 is 0 Å². The zero-order valence-corrected chi connectivity index (χ0v) is 9.22. The number of nitrogens with one attached hydrogen (secondary N) is 1. The fourth-order valence-electron chi connectivity index (χ4n) is 1.09. The second-order valence-corrected chi connectivity index (χ2v) is 4.17. The van der Waals surface area contributed by atoms with Gasteiger partial charge in [-0.25, -0.2) is 4.98 Å². The Morgan fingerprint density at radius 3 is 2.50 bits per heavy atom. The largest absolute Gasteiger partial charge is 0.444 e. The van der Waals surface area contributed by atoms with E-state index in [1.54, 1.807) is 13.8 Å². The molecule has 1 aromatic rings. The third-order valence-electron chi connectivity index (χ3n) is 1.91. The van der Waals surface area contributed by atoms with E-state index in [-0.39, 0.29) is 0 Å². The molecule has 0 aliphatic carbocycles. The number of rotatable bonds is 4. The topological polar surface area (TPSA) is 58.3 Å². The minimum Gasteiger partial charge on any atom is -0.444 e. The van der Waals surface area contributed by atoms with Crippen LogP contribution >= 0.6 is 0 Å². The SMILES string of the molecule is Cc1nc(CNCC(C)(C)O)oc1C. The molecular weight excluding hydrogens is 180 g/mol. The molecule has 1 heterocycles. The zero-order chi connectivity index (χ0) is 10.8. The van der Waals surface area contributed by atoms with Gasteiger partial charge in [-0.3, -0.25) is 0 Å². The third-order valence-corrected chi connectivity index (χ3v) is 1.91. The molecule has 0 aliphatic rings. The second kappa shape index (κ2) is 4.11. The predicted molar refractivity (Wildman–Crippen MR) is 54.0 cm³/mol. The van der Waals surface area contributed by atoms with Crippen LogP contribution in [-0.2, 0) is 6.54 Å². The summed E-state index contributed by atoms with van der Waals surface area (Å²) >= 11 is 0. The Bertz CT molecular complexity index is 280. The van der Waals surface area contributed by atoms with Gasteiger partial charge in [0, 0.05) is 6.54 Å². The Labute approximate surface area is 84.3 Å². The van der Waals surface area contributed by atoms with Crippen molar-refractivity contribution in [1.29, 1.82) is 0 Å². The predicted octanol–water partition coefficient (Wildman–Crippen LogP) is 1.15. The van der Waals surface area contributed by atoms with Crippen molar-refractivity contribution in [2.45, 2.75) is 39.8 Å². The summed E-state index contributed by atoms with van der Waals surface area (Å²) in [6.07, 6.45) is 0. The maximum Gasteiger partial charge on any atom is 0.208 e. The van der Waals surface area contributed by atoms with Crippen LogP contribution in [0.4, 0.5) is 0 Å². The number of hydrogen-bond acceptors (Lipinski definition) is 4. The first-order valence-electron chi connectivity index (χ1n) is 4.74. The van der Waals surface area contributed by atoms with E-state index < -0.39 is 5.60 Å². The van der Waals surface area contributed by atoms with E-state index in [9.17, 15) is 5.11 Å². The molecule has 80 valence electrons. The number of aliphatic hydroxyl groups is 1. The molecule has 0 radical (unpaired) electrons. The van der Waals surface area contributed by atoms with E-state index in [4.69, 9.17) is 4.42 Å². The van der Waals surface area contributed by atoms with Gasteiger partial charge in [0.05, 0.1) is 17.8 Å². The van der Waals surface area contributed by atoms with Crippen LogP contribution in [0.15, 0.2) is 4.42 Å². The standard InChI is InChI=1S/C10H18N2O2/c1-7-8(2)14-9(12-7)5-11-6-10(3,4)13/h11,13H,5-6H2,1-4H3. The number of nitrogens with zero attached hydrogens (tertiary/aromatic N) is 1. The molecule has 0 aromatic carbocycles. The van der Waals surface area contributed by atoms with E-state index in [1.807, 2.05) is 13.8 Å². The summed E-state index contributed by atoms with van der Waals surface area (Å²) in [4.78, 5) is 4.22. The normalized spacial score (nSPS) is 12.1. The maximum atomic E-state index is 9.44. The third kappa shape index (κ3) is 3.47. The van der Waals surface area contributed by atoms with Gasteiger partial charge in [0.15, 0.2) is 0 Å². The van der Waals surface area contributed by atoms with Gasteiger partial charge in [0.2, 0.25) is 5.89 Å². The van der Waals surface area contributed by atoms with Gasteiger partial charge in [0.25, 0.3) is 0 Å². The summed E-state index contributed by atoms with van der Waals surface area (Å²) in [5.41, 5.74) is 0.224. The molecule has 0 fully saturated rings. The van der Waals surface area contributed by atoms with Gasteiger partial charge in [-0.1, -0.05) is 0 Å². The van der Waals surface area contributed by atoms with Crippen LogP contribution in [0.25, 0.3) is 0 Å². The van der Waals surface area contributed by atoms with Crippen molar-refractivity contribution in [2.24, 2.45) is 0 Å². The van der Waals surface area contributed by atoms with E-state index in [1.165, 1.54) is 0 Å². The van der Waals surface area contributed by atoms with Crippen LogP contribution in [0.5, 0.6) is 0 Å². The van der Waals surface area contributed by atoms with Crippen molar-refractivity contribution in [2.75, 3.05) is 6.54 Å². The lowest BCUT2D eigenvalue weighted by Crippen LogP contribution is -2.34. The number of hydrogen-bond donors (Lipinski definition) is 2. The number of oxazole rings is 1. The molecular formula is C10H18N2O2. The maximum absolute atomic E-state index is 9.44. The summed E-state index contributed by atoms with van der Waals surface area (Å²) in [5, 5.41) is 12.5. The van der Waals surface area contributed by atoms with Crippen LogP contribution in [0.2, 0.25) is 0 Å². The van der Waals surface area contributed by atoms with Crippen molar-refractivity contribution in [3.8, 4) is 0 Å². The Morgan fingerprint density at radius 2 is 2.07 bits per heavy atom. The zero-order valence-electron chi connectivity index (χ0n) is 9.22. The first-order valence-corrected chi connectivity index (χ1v) is 4.74. The van der Waals surface area contributed by atoms with Crippen molar-refractivity contribution < 1.29 is 9.52 Å². The lowest BCUT2D eigenvalue weighted by atomic mass is 10.1. The second-order valence-electron chi connectivity index (χ2n) is 4.17. The van der Waals surface area contributed by atoms with Crippen LogP contribution in [0.3, 0.4) is 0 Å². The molecule has 0 atom stereocenters. The molecule has 0 saturated heterocycles. The Morgan fingerprint density at radius 1 is 1.43 bits per heavy atom. The van der Waals surface area contributed by atoms with Crippen molar-refractivity contribution in [3.63, 3.8) is 0 Å². The highest BCUT2D eigenvalue weighted by Crippen LogP contribution is 2.08. The molecule has 1 rings (SSSR count). The Balaban J connectivity index is 2.39. The summed E-state index contributed by atoms with van der Waals surface area (Å²) < 4.78 is 5.37.